The molecule has 0 fully saturated rings. The highest BCUT2D eigenvalue weighted by atomic mass is 16.5. The van der Waals surface area contributed by atoms with Crippen molar-refractivity contribution in [3.05, 3.63) is 29.8 Å². The van der Waals surface area contributed by atoms with Gasteiger partial charge < -0.3 is 9.84 Å². The van der Waals surface area contributed by atoms with Gasteiger partial charge in [-0.2, -0.15) is 0 Å². The number of hydrogen-bond donors (Lipinski definition) is 1. The summed E-state index contributed by atoms with van der Waals surface area (Å²) in [5.41, 5.74) is 0.731. The molecule has 1 N–H and O–H groups in total. The minimum absolute atomic E-state index is 0.362. The van der Waals surface area contributed by atoms with Gasteiger partial charge in [0.05, 0.1) is 6.10 Å². The maximum Gasteiger partial charge on any atom is 0.298 e. The number of ether oxygens (including phenoxy) is 1. The Morgan fingerprint density at radius 1 is 1.58 bits per heavy atom. The summed E-state index contributed by atoms with van der Waals surface area (Å²) < 4.78 is 4.61. The molecule has 0 aromatic heterocycles. The molecule has 0 aliphatic heterocycles. The van der Waals surface area contributed by atoms with E-state index in [0.29, 0.717) is 12.2 Å². The van der Waals surface area contributed by atoms with Crippen LogP contribution in [0.2, 0.25) is 0 Å². The first kappa shape index (κ1) is 8.74. The second-order valence-electron chi connectivity index (χ2n) is 2.46. The molecule has 0 saturated heterocycles. The van der Waals surface area contributed by atoms with E-state index in [0.717, 1.165) is 5.56 Å². The van der Waals surface area contributed by atoms with Crippen LogP contribution in [0.3, 0.4) is 0 Å². The molecular weight excluding hydrogens is 156 g/mol. The Labute approximate surface area is 70.6 Å². The highest BCUT2D eigenvalue weighted by Crippen LogP contribution is 2.17. The Bertz CT molecular complexity index is 268. The fraction of sp³-hybridized carbons (Fsp3) is 0.222. The van der Waals surface area contributed by atoms with Crippen molar-refractivity contribution in [2.45, 2.75) is 13.0 Å². The molecule has 1 rings (SSSR count). The maximum atomic E-state index is 9.97. The van der Waals surface area contributed by atoms with E-state index in [2.05, 4.69) is 4.74 Å². The normalized spacial score (nSPS) is 12.2. The number of rotatable bonds is 3. The van der Waals surface area contributed by atoms with Crippen molar-refractivity contribution in [1.82, 2.24) is 0 Å². The molecule has 0 amide bonds. The van der Waals surface area contributed by atoms with Gasteiger partial charge in [-0.05, 0) is 24.6 Å². The molecule has 0 heterocycles. The molecule has 0 bridgehead atoms. The lowest BCUT2D eigenvalue weighted by Crippen LogP contribution is -1.93. The van der Waals surface area contributed by atoms with E-state index in [4.69, 9.17) is 0 Å². The summed E-state index contributed by atoms with van der Waals surface area (Å²) in [5.74, 6) is 0.448. The summed E-state index contributed by atoms with van der Waals surface area (Å²) in [6, 6.07) is 6.77. The first-order valence-electron chi connectivity index (χ1n) is 3.62. The van der Waals surface area contributed by atoms with Crippen molar-refractivity contribution < 1.29 is 14.6 Å². The second kappa shape index (κ2) is 3.88. The van der Waals surface area contributed by atoms with Crippen LogP contribution in [0.4, 0.5) is 0 Å². The summed E-state index contributed by atoms with van der Waals surface area (Å²) in [6.07, 6.45) is -0.541. The van der Waals surface area contributed by atoms with Crippen molar-refractivity contribution in [1.29, 1.82) is 0 Å². The number of hydrogen-bond acceptors (Lipinski definition) is 3. The predicted molar refractivity (Wildman–Crippen MR) is 43.8 cm³/mol. The van der Waals surface area contributed by atoms with Gasteiger partial charge >= 0.3 is 0 Å². The quantitative estimate of drug-likeness (QED) is 0.688. The third-order valence-electron chi connectivity index (χ3n) is 1.52. The largest absolute Gasteiger partial charge is 0.429 e. The van der Waals surface area contributed by atoms with Crippen LogP contribution in [-0.4, -0.2) is 11.6 Å². The molecule has 1 aromatic rings. The SMILES string of the molecule is C[C@@H](O)c1cccc(OC=O)c1. The summed E-state index contributed by atoms with van der Waals surface area (Å²) in [4.78, 5) is 9.97. The monoisotopic (exact) mass is 166 g/mol. The van der Waals surface area contributed by atoms with Crippen molar-refractivity contribution in [2.24, 2.45) is 0 Å². The lowest BCUT2D eigenvalue weighted by Gasteiger charge is -2.05. The van der Waals surface area contributed by atoms with Gasteiger partial charge in [0.1, 0.15) is 5.75 Å². The average molecular weight is 166 g/mol. The topological polar surface area (TPSA) is 46.5 Å². The minimum atomic E-state index is -0.541. The molecule has 3 heteroatoms. The smallest absolute Gasteiger partial charge is 0.298 e. The van der Waals surface area contributed by atoms with Gasteiger partial charge in [0.15, 0.2) is 0 Å². The molecule has 0 unspecified atom stereocenters. The lowest BCUT2D eigenvalue weighted by atomic mass is 10.1. The molecule has 0 spiro atoms. The average Bonchev–Trinajstić information content (AvgIpc) is 2.05. The van der Waals surface area contributed by atoms with Crippen LogP contribution in [0, 0.1) is 0 Å². The van der Waals surface area contributed by atoms with E-state index in [9.17, 15) is 9.90 Å². The number of aliphatic hydroxyl groups is 1. The van der Waals surface area contributed by atoms with Gasteiger partial charge in [-0.1, -0.05) is 12.1 Å². The third-order valence-corrected chi connectivity index (χ3v) is 1.52. The van der Waals surface area contributed by atoms with Crippen molar-refractivity contribution in [3.8, 4) is 5.75 Å². The fourth-order valence-corrected chi connectivity index (χ4v) is 0.903. The Balaban J connectivity index is 2.87. The maximum absolute atomic E-state index is 9.97. The lowest BCUT2D eigenvalue weighted by molar-refractivity contribution is -0.120. The Kier molecular flexibility index (Phi) is 2.82. The number of carbonyl (C=O) groups excluding carboxylic acids is 1. The number of benzene rings is 1. The molecule has 1 aromatic carbocycles. The van der Waals surface area contributed by atoms with Gasteiger partial charge in [0.25, 0.3) is 6.47 Å². The first-order chi connectivity index (χ1) is 5.74. The van der Waals surface area contributed by atoms with Crippen LogP contribution in [0.5, 0.6) is 5.75 Å². The van der Waals surface area contributed by atoms with Crippen molar-refractivity contribution in [2.75, 3.05) is 0 Å². The highest BCUT2D eigenvalue weighted by molar-refractivity contribution is 5.45. The van der Waals surface area contributed by atoms with E-state index in [1.165, 1.54) is 0 Å². The van der Waals surface area contributed by atoms with Crippen LogP contribution in [0.1, 0.15) is 18.6 Å². The number of carbonyl (C=O) groups is 1. The molecule has 12 heavy (non-hydrogen) atoms. The molecule has 3 nitrogen and oxygen atoms in total. The summed E-state index contributed by atoms with van der Waals surface area (Å²) in [5, 5.41) is 9.17. The van der Waals surface area contributed by atoms with Crippen LogP contribution in [-0.2, 0) is 4.79 Å². The van der Waals surface area contributed by atoms with E-state index < -0.39 is 6.10 Å². The van der Waals surface area contributed by atoms with Gasteiger partial charge in [0, 0.05) is 0 Å². The molecule has 1 atom stereocenters. The van der Waals surface area contributed by atoms with Crippen LogP contribution in [0.25, 0.3) is 0 Å². The molecule has 0 saturated carbocycles. The zero-order valence-electron chi connectivity index (χ0n) is 6.73. The van der Waals surface area contributed by atoms with Crippen molar-refractivity contribution in [3.63, 3.8) is 0 Å². The van der Waals surface area contributed by atoms with E-state index in [-0.39, 0.29) is 0 Å². The van der Waals surface area contributed by atoms with Crippen LogP contribution in [0.15, 0.2) is 24.3 Å². The van der Waals surface area contributed by atoms with Crippen molar-refractivity contribution >= 4 is 6.47 Å². The Morgan fingerprint density at radius 2 is 2.33 bits per heavy atom. The van der Waals surface area contributed by atoms with E-state index in [1.54, 1.807) is 31.2 Å². The first-order valence-corrected chi connectivity index (χ1v) is 3.62. The summed E-state index contributed by atoms with van der Waals surface area (Å²) >= 11 is 0. The van der Waals surface area contributed by atoms with Gasteiger partial charge in [-0.3, -0.25) is 4.79 Å². The van der Waals surface area contributed by atoms with E-state index in [1.807, 2.05) is 0 Å². The Morgan fingerprint density at radius 3 is 2.92 bits per heavy atom. The zero-order chi connectivity index (χ0) is 8.97. The molecule has 0 aliphatic carbocycles. The second-order valence-corrected chi connectivity index (χ2v) is 2.46. The van der Waals surface area contributed by atoms with E-state index >= 15 is 0 Å². The van der Waals surface area contributed by atoms with Gasteiger partial charge in [-0.25, -0.2) is 0 Å². The third kappa shape index (κ3) is 2.07. The standard InChI is InChI=1S/C9H10O3/c1-7(11)8-3-2-4-9(5-8)12-6-10/h2-7,11H,1H3/t7-/m1/s1. The Hall–Kier alpha value is -1.35. The predicted octanol–water partition coefficient (Wildman–Crippen LogP) is 1.28. The summed E-state index contributed by atoms with van der Waals surface area (Å²) in [7, 11) is 0. The van der Waals surface area contributed by atoms with Crippen LogP contribution < -0.4 is 4.74 Å². The molecular formula is C9H10O3. The molecule has 0 radical (unpaired) electrons. The fourth-order valence-electron chi connectivity index (χ4n) is 0.903. The van der Waals surface area contributed by atoms with Gasteiger partial charge in [0.2, 0.25) is 0 Å². The molecule has 64 valence electrons. The summed E-state index contributed by atoms with van der Waals surface area (Å²) in [6.45, 7) is 2.02. The minimum Gasteiger partial charge on any atom is -0.429 e. The number of aliphatic hydroxyl groups excluding tert-OH is 1. The van der Waals surface area contributed by atoms with Gasteiger partial charge in [-0.15, -0.1) is 0 Å². The molecule has 0 aliphatic rings. The zero-order valence-corrected chi connectivity index (χ0v) is 6.73. The van der Waals surface area contributed by atoms with Crippen LogP contribution >= 0.6 is 0 Å². The highest BCUT2D eigenvalue weighted by Gasteiger charge is 2.01.